The fourth-order valence-electron chi connectivity index (χ4n) is 2.55. The highest BCUT2D eigenvalue weighted by atomic mass is 32.1. The molecule has 0 aromatic carbocycles. The van der Waals surface area contributed by atoms with Crippen LogP contribution in [0.3, 0.4) is 0 Å². The number of guanidine groups is 1. The second-order valence-electron chi connectivity index (χ2n) is 6.16. The lowest BCUT2D eigenvalue weighted by atomic mass is 10.2. The van der Waals surface area contributed by atoms with Gasteiger partial charge in [-0.05, 0) is 58.0 Å². The van der Waals surface area contributed by atoms with Gasteiger partial charge in [0.25, 0.3) is 0 Å². The molecule has 0 amide bonds. The predicted octanol–water partition coefficient (Wildman–Crippen LogP) is 3.23. The molecular weight excluding hydrogens is 292 g/mol. The van der Waals surface area contributed by atoms with Crippen LogP contribution in [0.1, 0.15) is 44.6 Å². The maximum absolute atomic E-state index is 4.29. The molecule has 0 saturated heterocycles. The fourth-order valence-corrected chi connectivity index (χ4v) is 3.40. The molecule has 1 rings (SSSR count). The molecule has 0 saturated carbocycles. The Bertz CT molecular complexity index is 443. The van der Waals surface area contributed by atoms with E-state index in [0.717, 1.165) is 32.0 Å². The van der Waals surface area contributed by atoms with Crippen molar-refractivity contribution in [1.29, 1.82) is 0 Å². The molecule has 126 valence electrons. The molecule has 1 aromatic rings. The van der Waals surface area contributed by atoms with E-state index in [0.29, 0.717) is 12.1 Å². The van der Waals surface area contributed by atoms with Crippen molar-refractivity contribution in [1.82, 2.24) is 15.5 Å². The van der Waals surface area contributed by atoms with Crippen LogP contribution < -0.4 is 10.6 Å². The van der Waals surface area contributed by atoms with Gasteiger partial charge in [-0.15, -0.1) is 11.3 Å². The number of hydrogen-bond acceptors (Lipinski definition) is 3. The summed E-state index contributed by atoms with van der Waals surface area (Å²) in [7, 11) is 1.82. The summed E-state index contributed by atoms with van der Waals surface area (Å²) in [5, 5.41) is 8.92. The van der Waals surface area contributed by atoms with E-state index in [9.17, 15) is 0 Å². The number of nitrogens with zero attached hydrogens (tertiary/aromatic N) is 2. The summed E-state index contributed by atoms with van der Waals surface area (Å²) in [5.41, 5.74) is 1.34. The van der Waals surface area contributed by atoms with Crippen LogP contribution in [-0.2, 0) is 6.54 Å². The van der Waals surface area contributed by atoms with E-state index in [-0.39, 0.29) is 0 Å². The molecule has 0 fully saturated rings. The summed E-state index contributed by atoms with van der Waals surface area (Å²) in [6.07, 6.45) is 1.12. The minimum Gasteiger partial charge on any atom is -0.356 e. The third-order valence-electron chi connectivity index (χ3n) is 3.82. The largest absolute Gasteiger partial charge is 0.356 e. The lowest BCUT2D eigenvalue weighted by Crippen LogP contribution is -2.41. The Hall–Kier alpha value is -1.07. The van der Waals surface area contributed by atoms with Crippen LogP contribution in [0.15, 0.2) is 16.4 Å². The Morgan fingerprint density at radius 3 is 2.41 bits per heavy atom. The lowest BCUT2D eigenvalue weighted by Gasteiger charge is -2.30. The number of aryl methyl sites for hydroxylation is 1. The Balaban J connectivity index is 2.28. The number of hydrogen-bond donors (Lipinski definition) is 2. The number of thiophene rings is 1. The number of aliphatic imine (C=N–C) groups is 1. The minimum atomic E-state index is 0.597. The Labute approximate surface area is 140 Å². The van der Waals surface area contributed by atoms with Crippen LogP contribution in [0.5, 0.6) is 0 Å². The topological polar surface area (TPSA) is 39.7 Å². The molecule has 0 radical (unpaired) electrons. The van der Waals surface area contributed by atoms with Crippen molar-refractivity contribution in [3.8, 4) is 0 Å². The van der Waals surface area contributed by atoms with Crippen LogP contribution in [-0.4, -0.2) is 43.1 Å². The Morgan fingerprint density at radius 1 is 1.23 bits per heavy atom. The minimum absolute atomic E-state index is 0.597. The van der Waals surface area contributed by atoms with Crippen LogP contribution in [0.25, 0.3) is 0 Å². The van der Waals surface area contributed by atoms with Gasteiger partial charge in [-0.3, -0.25) is 9.89 Å². The van der Waals surface area contributed by atoms with Crippen molar-refractivity contribution in [2.45, 2.75) is 59.7 Å². The Kier molecular flexibility index (Phi) is 8.49. The van der Waals surface area contributed by atoms with Gasteiger partial charge in [-0.2, -0.15) is 0 Å². The van der Waals surface area contributed by atoms with Crippen LogP contribution in [0, 0.1) is 6.92 Å². The fraction of sp³-hybridized carbons (Fsp3) is 0.706. The standard InChI is InChI=1S/C17H32N4S/c1-13(2)21(14(3)4)10-7-9-19-17(18-6)20-12-16-15(5)8-11-22-16/h8,11,13-14H,7,9-10,12H2,1-6H3,(H2,18,19,20). The third-order valence-corrected chi connectivity index (χ3v) is 4.84. The van der Waals surface area contributed by atoms with E-state index >= 15 is 0 Å². The zero-order valence-electron chi connectivity index (χ0n) is 14.9. The van der Waals surface area contributed by atoms with Crippen molar-refractivity contribution >= 4 is 17.3 Å². The molecule has 0 bridgehead atoms. The van der Waals surface area contributed by atoms with Gasteiger partial charge in [-0.1, -0.05) is 0 Å². The van der Waals surface area contributed by atoms with Gasteiger partial charge in [0.1, 0.15) is 0 Å². The molecule has 1 heterocycles. The van der Waals surface area contributed by atoms with Gasteiger partial charge < -0.3 is 10.6 Å². The first-order chi connectivity index (χ1) is 10.5. The van der Waals surface area contributed by atoms with Crippen molar-refractivity contribution in [3.63, 3.8) is 0 Å². The maximum atomic E-state index is 4.29. The molecule has 1 aromatic heterocycles. The molecule has 0 spiro atoms. The van der Waals surface area contributed by atoms with Crippen molar-refractivity contribution in [3.05, 3.63) is 21.9 Å². The lowest BCUT2D eigenvalue weighted by molar-refractivity contribution is 0.173. The van der Waals surface area contributed by atoms with E-state index in [1.807, 2.05) is 7.05 Å². The van der Waals surface area contributed by atoms with Crippen LogP contribution in [0.4, 0.5) is 0 Å². The summed E-state index contributed by atoms with van der Waals surface area (Å²) in [6, 6.07) is 3.35. The molecule has 4 nitrogen and oxygen atoms in total. The zero-order valence-corrected chi connectivity index (χ0v) is 15.8. The van der Waals surface area contributed by atoms with Gasteiger partial charge in [0.15, 0.2) is 5.96 Å². The molecule has 2 N–H and O–H groups in total. The molecule has 0 unspecified atom stereocenters. The summed E-state index contributed by atoms with van der Waals surface area (Å²) in [4.78, 5) is 8.18. The van der Waals surface area contributed by atoms with Crippen molar-refractivity contribution in [2.75, 3.05) is 20.1 Å². The maximum Gasteiger partial charge on any atom is 0.191 e. The van der Waals surface area contributed by atoms with Gasteiger partial charge in [-0.25, -0.2) is 0 Å². The molecule has 0 atom stereocenters. The van der Waals surface area contributed by atoms with E-state index < -0.39 is 0 Å². The molecule has 5 heteroatoms. The highest BCUT2D eigenvalue weighted by molar-refractivity contribution is 7.10. The normalized spacial score (nSPS) is 12.5. The summed E-state index contributed by atoms with van der Waals surface area (Å²) < 4.78 is 0. The van der Waals surface area contributed by atoms with Crippen LogP contribution >= 0.6 is 11.3 Å². The van der Waals surface area contributed by atoms with Gasteiger partial charge in [0.2, 0.25) is 0 Å². The quantitative estimate of drug-likeness (QED) is 0.438. The van der Waals surface area contributed by atoms with Gasteiger partial charge >= 0.3 is 0 Å². The summed E-state index contributed by atoms with van der Waals surface area (Å²) in [5.74, 6) is 0.883. The second-order valence-corrected chi connectivity index (χ2v) is 7.16. The SMILES string of the molecule is CN=C(NCCCN(C(C)C)C(C)C)NCc1sccc1C. The molecule has 22 heavy (non-hydrogen) atoms. The highest BCUT2D eigenvalue weighted by Crippen LogP contribution is 2.14. The zero-order chi connectivity index (χ0) is 16.5. The van der Waals surface area contributed by atoms with E-state index in [2.05, 4.69) is 66.6 Å². The average molecular weight is 325 g/mol. The molecular formula is C17H32N4S. The van der Waals surface area contributed by atoms with E-state index in [1.54, 1.807) is 11.3 Å². The first kappa shape index (κ1) is 19.0. The third kappa shape index (κ3) is 6.36. The number of rotatable bonds is 8. The highest BCUT2D eigenvalue weighted by Gasteiger charge is 2.12. The van der Waals surface area contributed by atoms with Crippen molar-refractivity contribution in [2.24, 2.45) is 4.99 Å². The Morgan fingerprint density at radius 2 is 1.91 bits per heavy atom. The monoisotopic (exact) mass is 324 g/mol. The average Bonchev–Trinajstić information content (AvgIpc) is 2.86. The predicted molar refractivity (Wildman–Crippen MR) is 98.9 cm³/mol. The molecule has 0 aliphatic carbocycles. The van der Waals surface area contributed by atoms with Gasteiger partial charge in [0.05, 0.1) is 6.54 Å². The van der Waals surface area contributed by atoms with E-state index in [4.69, 9.17) is 0 Å². The smallest absolute Gasteiger partial charge is 0.191 e. The molecule has 0 aliphatic heterocycles. The van der Waals surface area contributed by atoms with Crippen molar-refractivity contribution < 1.29 is 0 Å². The second kappa shape index (κ2) is 9.85. The summed E-state index contributed by atoms with van der Waals surface area (Å²) >= 11 is 1.79. The number of nitrogens with one attached hydrogen (secondary N) is 2. The first-order valence-corrected chi connectivity index (χ1v) is 9.06. The first-order valence-electron chi connectivity index (χ1n) is 8.19. The summed E-state index contributed by atoms with van der Waals surface area (Å²) in [6.45, 7) is 14.1. The van der Waals surface area contributed by atoms with E-state index in [1.165, 1.54) is 10.4 Å². The molecule has 0 aliphatic rings. The van der Waals surface area contributed by atoms with Gasteiger partial charge in [0, 0.05) is 37.1 Å². The van der Waals surface area contributed by atoms with Crippen LogP contribution in [0.2, 0.25) is 0 Å².